The zero-order valence-electron chi connectivity index (χ0n) is 14.4. The fourth-order valence-electron chi connectivity index (χ4n) is 2.81. The summed E-state index contributed by atoms with van der Waals surface area (Å²) in [5.74, 6) is -0.263. The summed E-state index contributed by atoms with van der Waals surface area (Å²) in [6, 6.07) is 4.50. The minimum atomic E-state index is -4.47. The quantitative estimate of drug-likeness (QED) is 0.746. The van der Waals surface area contributed by atoms with E-state index in [1.165, 1.54) is 12.1 Å². The van der Waals surface area contributed by atoms with E-state index in [-0.39, 0.29) is 18.0 Å². The Labute approximate surface area is 145 Å². The van der Waals surface area contributed by atoms with Crippen molar-refractivity contribution in [3.05, 3.63) is 35.4 Å². The highest BCUT2D eigenvalue weighted by molar-refractivity contribution is 5.85. The number of hydrogen-bond donors (Lipinski definition) is 3. The van der Waals surface area contributed by atoms with Crippen LogP contribution in [0.15, 0.2) is 24.3 Å². The predicted octanol–water partition coefficient (Wildman–Crippen LogP) is 1.54. The molecule has 1 aromatic rings. The lowest BCUT2D eigenvalue weighted by Crippen LogP contribution is -2.60. The average Bonchev–Trinajstić information content (AvgIpc) is 2.59. The minimum absolute atomic E-state index is 0.120. The maximum absolute atomic E-state index is 12.7. The first-order valence-corrected chi connectivity index (χ1v) is 8.21. The maximum atomic E-state index is 12.7. The van der Waals surface area contributed by atoms with Crippen molar-refractivity contribution >= 4 is 5.91 Å². The monoisotopic (exact) mass is 359 g/mol. The average molecular weight is 359 g/mol. The Bertz CT molecular complexity index is 599. The van der Waals surface area contributed by atoms with E-state index in [2.05, 4.69) is 10.6 Å². The predicted molar refractivity (Wildman–Crippen MR) is 87.9 cm³/mol. The Hall–Kier alpha value is -1.64. The standard InChI is InChI=1S/C17H24F3N3O2/c1-16(2,23-8-6-21-7-9-23)15(25)22-11-14(24)12-4-3-5-13(10-12)17(18,19)20/h3-5,10,14,21,24H,6-9,11H2,1-2H3,(H,22,25)/t14-/m0/s1. The van der Waals surface area contributed by atoms with E-state index in [0.717, 1.165) is 38.3 Å². The normalized spacial score (nSPS) is 18.0. The molecule has 0 spiro atoms. The Kier molecular flexibility index (Phi) is 6.08. The largest absolute Gasteiger partial charge is 0.416 e. The van der Waals surface area contributed by atoms with Crippen molar-refractivity contribution in [1.82, 2.24) is 15.5 Å². The van der Waals surface area contributed by atoms with Crippen LogP contribution in [0, 0.1) is 0 Å². The number of halogens is 3. The molecule has 0 bridgehead atoms. The molecule has 1 atom stereocenters. The van der Waals surface area contributed by atoms with Crippen LogP contribution >= 0.6 is 0 Å². The zero-order chi connectivity index (χ0) is 18.7. The van der Waals surface area contributed by atoms with Crippen molar-refractivity contribution in [2.75, 3.05) is 32.7 Å². The second-order valence-corrected chi connectivity index (χ2v) is 6.65. The molecule has 0 radical (unpaired) electrons. The molecule has 1 fully saturated rings. The first-order chi connectivity index (χ1) is 11.6. The van der Waals surface area contributed by atoms with Crippen molar-refractivity contribution in [1.29, 1.82) is 0 Å². The van der Waals surface area contributed by atoms with Gasteiger partial charge in [-0.15, -0.1) is 0 Å². The lowest BCUT2D eigenvalue weighted by atomic mass is 10.00. The highest BCUT2D eigenvalue weighted by Gasteiger charge is 2.35. The second kappa shape index (κ2) is 7.72. The SMILES string of the molecule is CC(C)(C(=O)NC[C@H](O)c1cccc(C(F)(F)F)c1)N1CCNCC1. The molecule has 0 aromatic heterocycles. The van der Waals surface area contributed by atoms with Crippen LogP contribution in [0.3, 0.4) is 0 Å². The topological polar surface area (TPSA) is 64.6 Å². The minimum Gasteiger partial charge on any atom is -0.387 e. The number of carbonyl (C=O) groups is 1. The fraction of sp³-hybridized carbons (Fsp3) is 0.588. The van der Waals surface area contributed by atoms with E-state index < -0.39 is 23.4 Å². The highest BCUT2D eigenvalue weighted by Crippen LogP contribution is 2.30. The van der Waals surface area contributed by atoms with Crippen LogP contribution in [0.25, 0.3) is 0 Å². The van der Waals surface area contributed by atoms with Gasteiger partial charge in [-0.25, -0.2) is 0 Å². The number of carbonyl (C=O) groups excluding carboxylic acids is 1. The Morgan fingerprint density at radius 2 is 1.96 bits per heavy atom. The number of alkyl halides is 3. The van der Waals surface area contributed by atoms with Crippen molar-refractivity contribution in [2.45, 2.75) is 31.7 Å². The van der Waals surface area contributed by atoms with Crippen molar-refractivity contribution in [3.63, 3.8) is 0 Å². The Balaban J connectivity index is 1.97. The molecular formula is C17H24F3N3O2. The highest BCUT2D eigenvalue weighted by atomic mass is 19.4. The van der Waals surface area contributed by atoms with Gasteiger partial charge in [-0.1, -0.05) is 12.1 Å². The smallest absolute Gasteiger partial charge is 0.387 e. The summed E-state index contributed by atoms with van der Waals surface area (Å²) >= 11 is 0. The molecule has 1 heterocycles. The number of nitrogens with one attached hydrogen (secondary N) is 2. The molecule has 0 aliphatic carbocycles. The van der Waals surface area contributed by atoms with Gasteiger partial charge in [0.2, 0.25) is 5.91 Å². The number of aliphatic hydroxyl groups excluding tert-OH is 1. The van der Waals surface area contributed by atoms with E-state index >= 15 is 0 Å². The molecule has 5 nitrogen and oxygen atoms in total. The molecule has 0 unspecified atom stereocenters. The molecule has 1 amide bonds. The summed E-state index contributed by atoms with van der Waals surface area (Å²) in [4.78, 5) is 14.5. The lowest BCUT2D eigenvalue weighted by molar-refractivity contribution is -0.137. The number of amides is 1. The van der Waals surface area contributed by atoms with Gasteiger partial charge in [0.25, 0.3) is 0 Å². The summed E-state index contributed by atoms with van der Waals surface area (Å²) in [6.45, 7) is 6.50. The van der Waals surface area contributed by atoms with Gasteiger partial charge in [0, 0.05) is 32.7 Å². The summed E-state index contributed by atoms with van der Waals surface area (Å²) < 4.78 is 38.2. The summed E-state index contributed by atoms with van der Waals surface area (Å²) in [5, 5.41) is 16.0. The van der Waals surface area contributed by atoms with Crippen molar-refractivity contribution in [2.24, 2.45) is 0 Å². The molecule has 1 aliphatic rings. The van der Waals surface area contributed by atoms with Crippen LogP contribution in [0.1, 0.15) is 31.1 Å². The van der Waals surface area contributed by atoms with E-state index in [0.29, 0.717) is 0 Å². The first kappa shape index (κ1) is 19.7. The third-order valence-corrected chi connectivity index (χ3v) is 4.52. The van der Waals surface area contributed by atoms with Crippen molar-refractivity contribution < 1.29 is 23.1 Å². The summed E-state index contributed by atoms with van der Waals surface area (Å²) in [6.07, 6.45) is -5.67. The van der Waals surface area contributed by atoms with Gasteiger partial charge in [-0.3, -0.25) is 9.69 Å². The maximum Gasteiger partial charge on any atom is 0.416 e. The van der Waals surface area contributed by atoms with Crippen LogP contribution in [0.5, 0.6) is 0 Å². The van der Waals surface area contributed by atoms with Gasteiger partial charge in [-0.2, -0.15) is 13.2 Å². The molecular weight excluding hydrogens is 335 g/mol. The number of nitrogens with zero attached hydrogens (tertiary/aromatic N) is 1. The number of aliphatic hydroxyl groups is 1. The van der Waals surface area contributed by atoms with Crippen LogP contribution in [-0.2, 0) is 11.0 Å². The van der Waals surface area contributed by atoms with Crippen LogP contribution in [-0.4, -0.2) is 54.2 Å². The van der Waals surface area contributed by atoms with E-state index in [1.807, 2.05) is 4.90 Å². The fourth-order valence-corrected chi connectivity index (χ4v) is 2.81. The number of piperazine rings is 1. The van der Waals surface area contributed by atoms with Gasteiger partial charge in [0.15, 0.2) is 0 Å². The Morgan fingerprint density at radius 3 is 2.56 bits per heavy atom. The molecule has 140 valence electrons. The number of rotatable bonds is 5. The molecule has 2 rings (SSSR count). The molecule has 1 saturated heterocycles. The number of benzene rings is 1. The van der Waals surface area contributed by atoms with E-state index in [4.69, 9.17) is 0 Å². The molecule has 1 aromatic carbocycles. The van der Waals surface area contributed by atoms with Gasteiger partial charge in [0.05, 0.1) is 17.2 Å². The third kappa shape index (κ3) is 4.93. The Morgan fingerprint density at radius 1 is 1.32 bits per heavy atom. The van der Waals surface area contributed by atoms with Crippen LogP contribution < -0.4 is 10.6 Å². The first-order valence-electron chi connectivity index (χ1n) is 8.21. The van der Waals surface area contributed by atoms with Gasteiger partial charge >= 0.3 is 6.18 Å². The molecule has 1 aliphatic heterocycles. The summed E-state index contributed by atoms with van der Waals surface area (Å²) in [5.41, 5.74) is -1.46. The van der Waals surface area contributed by atoms with Gasteiger partial charge < -0.3 is 15.7 Å². The van der Waals surface area contributed by atoms with Gasteiger partial charge in [-0.05, 0) is 31.5 Å². The van der Waals surface area contributed by atoms with E-state index in [9.17, 15) is 23.1 Å². The van der Waals surface area contributed by atoms with Crippen LogP contribution in [0.4, 0.5) is 13.2 Å². The molecule has 3 N–H and O–H groups in total. The molecule has 25 heavy (non-hydrogen) atoms. The zero-order valence-corrected chi connectivity index (χ0v) is 14.4. The van der Waals surface area contributed by atoms with E-state index in [1.54, 1.807) is 13.8 Å². The molecule has 8 heteroatoms. The van der Waals surface area contributed by atoms with Crippen molar-refractivity contribution in [3.8, 4) is 0 Å². The van der Waals surface area contributed by atoms with Gasteiger partial charge in [0.1, 0.15) is 0 Å². The third-order valence-electron chi connectivity index (χ3n) is 4.52. The molecule has 0 saturated carbocycles. The summed E-state index contributed by atoms with van der Waals surface area (Å²) in [7, 11) is 0. The van der Waals surface area contributed by atoms with Crippen LogP contribution in [0.2, 0.25) is 0 Å². The lowest BCUT2D eigenvalue weighted by Gasteiger charge is -2.39. The number of hydrogen-bond acceptors (Lipinski definition) is 4. The second-order valence-electron chi connectivity index (χ2n) is 6.65.